The molecule has 0 aromatic carbocycles. The molecule has 0 spiro atoms. The van der Waals surface area contributed by atoms with Crippen molar-refractivity contribution in [3.63, 3.8) is 0 Å². The van der Waals surface area contributed by atoms with Crippen molar-refractivity contribution in [1.82, 2.24) is 0 Å². The van der Waals surface area contributed by atoms with Gasteiger partial charge < -0.3 is 5.41 Å². The molecule has 0 aliphatic carbocycles. The molecule has 0 rings (SSSR count). The molecular weight excluding hydrogens is 170 g/mol. The van der Waals surface area contributed by atoms with Gasteiger partial charge in [0.05, 0.1) is 0 Å². The van der Waals surface area contributed by atoms with Crippen molar-refractivity contribution in [2.24, 2.45) is 5.92 Å². The molecule has 76 valence electrons. The fraction of sp³-hybridized carbons (Fsp3) is 0.385. The number of hydrogen-bond acceptors (Lipinski definition) is 1. The second kappa shape index (κ2) is 7.11. The summed E-state index contributed by atoms with van der Waals surface area (Å²) in [4.78, 5) is 0. The zero-order valence-corrected chi connectivity index (χ0v) is 9.14. The van der Waals surface area contributed by atoms with Crippen LogP contribution in [-0.2, 0) is 0 Å². The van der Waals surface area contributed by atoms with Crippen LogP contribution in [-0.4, -0.2) is 6.21 Å². The van der Waals surface area contributed by atoms with Crippen LogP contribution >= 0.6 is 0 Å². The fourth-order valence-electron chi connectivity index (χ4n) is 1.36. The van der Waals surface area contributed by atoms with E-state index in [2.05, 4.69) is 38.8 Å². The van der Waals surface area contributed by atoms with Gasteiger partial charge in [-0.25, -0.2) is 0 Å². The topological polar surface area (TPSA) is 23.9 Å². The van der Waals surface area contributed by atoms with Crippen LogP contribution in [0.2, 0.25) is 0 Å². The first-order valence-corrected chi connectivity index (χ1v) is 4.88. The molecule has 14 heavy (non-hydrogen) atoms. The van der Waals surface area contributed by atoms with Crippen LogP contribution in [0.15, 0.2) is 42.2 Å². The maximum absolute atomic E-state index is 7.23. The zero-order chi connectivity index (χ0) is 11.0. The van der Waals surface area contributed by atoms with Crippen LogP contribution < -0.4 is 0 Å². The molecule has 0 amide bonds. The summed E-state index contributed by atoms with van der Waals surface area (Å²) in [6.07, 6.45) is 7.26. The summed E-state index contributed by atoms with van der Waals surface area (Å²) in [5.41, 5.74) is 4.94. The molecule has 1 nitrogen and oxygen atoms in total. The van der Waals surface area contributed by atoms with Gasteiger partial charge in [0.15, 0.2) is 0 Å². The summed E-state index contributed by atoms with van der Waals surface area (Å²) in [5.74, 6) is 0.268. The zero-order valence-electron chi connectivity index (χ0n) is 9.14. The number of rotatable bonds is 6. The van der Waals surface area contributed by atoms with Crippen molar-refractivity contribution in [3.8, 4) is 0 Å². The average molecular weight is 189 g/mol. The van der Waals surface area contributed by atoms with Crippen molar-refractivity contribution in [2.75, 3.05) is 0 Å². The summed E-state index contributed by atoms with van der Waals surface area (Å²) >= 11 is 0. The Balaban J connectivity index is 4.73. The summed E-state index contributed by atoms with van der Waals surface area (Å²) in [5, 5.41) is 7.23. The van der Waals surface area contributed by atoms with Gasteiger partial charge in [0.2, 0.25) is 0 Å². The lowest BCUT2D eigenvalue weighted by atomic mass is 9.94. The first-order valence-electron chi connectivity index (χ1n) is 4.88. The van der Waals surface area contributed by atoms with Crippen LogP contribution in [0.3, 0.4) is 0 Å². The molecule has 0 heterocycles. The van der Waals surface area contributed by atoms with E-state index in [4.69, 9.17) is 5.41 Å². The van der Waals surface area contributed by atoms with Gasteiger partial charge in [-0.15, -0.1) is 12.3 Å². The fourth-order valence-corrected chi connectivity index (χ4v) is 1.36. The van der Waals surface area contributed by atoms with Crippen molar-refractivity contribution >= 4 is 6.21 Å². The minimum Gasteiger partial charge on any atom is -0.308 e. The van der Waals surface area contributed by atoms with Crippen LogP contribution in [0, 0.1) is 11.3 Å². The molecular formula is C13H19N. The summed E-state index contributed by atoms with van der Waals surface area (Å²) in [7, 11) is 0. The largest absolute Gasteiger partial charge is 0.308 e. The molecule has 0 saturated heterocycles. The molecule has 0 saturated carbocycles. The van der Waals surface area contributed by atoms with Gasteiger partial charge in [0, 0.05) is 17.7 Å². The Labute approximate surface area is 87.0 Å². The Morgan fingerprint density at radius 2 is 2.21 bits per heavy atom. The van der Waals surface area contributed by atoms with Gasteiger partial charge in [-0.1, -0.05) is 31.2 Å². The number of nitrogens with one attached hydrogen (secondary N) is 1. The Morgan fingerprint density at radius 1 is 1.57 bits per heavy atom. The highest BCUT2D eigenvalue weighted by atomic mass is 14.3. The van der Waals surface area contributed by atoms with Gasteiger partial charge in [0.25, 0.3) is 0 Å². The minimum absolute atomic E-state index is 0.268. The van der Waals surface area contributed by atoms with Gasteiger partial charge in [-0.3, -0.25) is 0 Å². The molecule has 1 atom stereocenters. The molecule has 0 aliphatic rings. The first-order chi connectivity index (χ1) is 6.69. The molecule has 1 N–H and O–H groups in total. The van der Waals surface area contributed by atoms with E-state index < -0.39 is 0 Å². The number of hydrogen-bond donors (Lipinski definition) is 1. The highest BCUT2D eigenvalue weighted by Crippen LogP contribution is 2.17. The lowest BCUT2D eigenvalue weighted by Crippen LogP contribution is -2.00. The highest BCUT2D eigenvalue weighted by Gasteiger charge is 2.06. The molecule has 1 heteroatoms. The number of allylic oxidation sites excluding steroid dienone is 4. The Morgan fingerprint density at radius 3 is 2.57 bits per heavy atom. The van der Waals surface area contributed by atoms with Crippen LogP contribution in [0.25, 0.3) is 0 Å². The molecule has 0 bridgehead atoms. The Hall–Kier alpha value is -1.33. The summed E-state index contributed by atoms with van der Waals surface area (Å²) in [6.45, 7) is 11.5. The summed E-state index contributed by atoms with van der Waals surface area (Å²) in [6, 6.07) is 0. The van der Waals surface area contributed by atoms with Crippen LogP contribution in [0.5, 0.6) is 0 Å². The van der Waals surface area contributed by atoms with Crippen LogP contribution in [0.4, 0.5) is 0 Å². The standard InChI is InChI=1S/C13H19N/c1-5-8-11(4)9-12(6-2)13(7-3)10-14/h5,9-10,12,14H,1,3,6,8H2,2,4H3/b11-9-,14-10?. The van der Waals surface area contributed by atoms with Gasteiger partial charge in [-0.05, 0) is 19.8 Å². The normalized spacial score (nSPS) is 12.9. The van der Waals surface area contributed by atoms with Crippen molar-refractivity contribution in [1.29, 1.82) is 5.41 Å². The van der Waals surface area contributed by atoms with Gasteiger partial charge in [0.1, 0.15) is 0 Å². The van der Waals surface area contributed by atoms with Crippen molar-refractivity contribution in [3.05, 3.63) is 42.2 Å². The third-order valence-electron chi connectivity index (χ3n) is 2.15. The minimum atomic E-state index is 0.268. The second-order valence-corrected chi connectivity index (χ2v) is 3.30. The van der Waals surface area contributed by atoms with E-state index in [0.717, 1.165) is 18.4 Å². The van der Waals surface area contributed by atoms with Gasteiger partial charge >= 0.3 is 0 Å². The molecule has 1 unspecified atom stereocenters. The van der Waals surface area contributed by atoms with E-state index in [1.807, 2.05) is 6.08 Å². The Bertz CT molecular complexity index is 278. The molecule has 0 aliphatic heterocycles. The lowest BCUT2D eigenvalue weighted by Gasteiger charge is -2.10. The monoisotopic (exact) mass is 189 g/mol. The summed E-state index contributed by atoms with van der Waals surface area (Å²) < 4.78 is 0. The second-order valence-electron chi connectivity index (χ2n) is 3.30. The third-order valence-corrected chi connectivity index (χ3v) is 2.15. The predicted molar refractivity (Wildman–Crippen MR) is 63.8 cm³/mol. The van der Waals surface area contributed by atoms with E-state index in [1.54, 1.807) is 0 Å². The Kier molecular flexibility index (Phi) is 6.43. The van der Waals surface area contributed by atoms with Crippen LogP contribution in [0.1, 0.15) is 26.7 Å². The average Bonchev–Trinajstić information content (AvgIpc) is 2.18. The van der Waals surface area contributed by atoms with Crippen molar-refractivity contribution in [2.45, 2.75) is 26.7 Å². The first kappa shape index (κ1) is 12.7. The maximum Gasteiger partial charge on any atom is 0.0292 e. The van der Waals surface area contributed by atoms with E-state index >= 15 is 0 Å². The lowest BCUT2D eigenvalue weighted by molar-refractivity contribution is 0.747. The van der Waals surface area contributed by atoms with E-state index in [9.17, 15) is 0 Å². The molecule has 0 aromatic rings. The third kappa shape index (κ3) is 4.06. The SMILES string of the molecule is C=C=C(C=N)C(/C=C(/C)CC=C)CC. The maximum atomic E-state index is 7.23. The predicted octanol–water partition coefficient (Wildman–Crippen LogP) is 3.90. The van der Waals surface area contributed by atoms with E-state index in [1.165, 1.54) is 11.8 Å². The van der Waals surface area contributed by atoms with Gasteiger partial charge in [-0.2, -0.15) is 0 Å². The molecule has 0 fully saturated rings. The quantitative estimate of drug-likeness (QED) is 0.372. The van der Waals surface area contributed by atoms with E-state index in [-0.39, 0.29) is 5.92 Å². The smallest absolute Gasteiger partial charge is 0.0292 e. The van der Waals surface area contributed by atoms with E-state index in [0.29, 0.717) is 0 Å². The van der Waals surface area contributed by atoms with Crippen molar-refractivity contribution < 1.29 is 0 Å². The molecule has 0 radical (unpaired) electrons. The highest BCUT2D eigenvalue weighted by molar-refractivity contribution is 5.76. The molecule has 0 aromatic heterocycles.